The van der Waals surface area contributed by atoms with Crippen molar-refractivity contribution in [3.05, 3.63) is 0 Å². The third-order valence-electron chi connectivity index (χ3n) is 1.93. The maximum atomic E-state index is 10.9. The topological polar surface area (TPSA) is 71.1 Å². The Morgan fingerprint density at radius 1 is 1.00 bits per heavy atom. The van der Waals surface area contributed by atoms with Gasteiger partial charge in [-0.05, 0) is 13.8 Å². The largest absolute Gasteiger partial charge is 0.657 e. The highest BCUT2D eigenvalue weighted by molar-refractivity contribution is 6.61. The maximum absolute atomic E-state index is 10.9. The van der Waals surface area contributed by atoms with Crippen molar-refractivity contribution in [2.45, 2.75) is 26.1 Å². The van der Waals surface area contributed by atoms with Crippen molar-refractivity contribution in [1.82, 2.24) is 0 Å². The summed E-state index contributed by atoms with van der Waals surface area (Å²) in [6.07, 6.45) is -1.50. The van der Waals surface area contributed by atoms with Crippen LogP contribution in [0.25, 0.3) is 0 Å². The molecule has 0 aromatic rings. The van der Waals surface area contributed by atoms with Crippen LogP contribution in [-0.2, 0) is 28.2 Å². The number of carbonyl (C=O) groups excluding carboxylic acids is 2. The lowest BCUT2D eigenvalue weighted by molar-refractivity contribution is -0.137. The van der Waals surface area contributed by atoms with Crippen molar-refractivity contribution in [2.24, 2.45) is 0 Å². The van der Waals surface area contributed by atoms with Crippen LogP contribution in [-0.4, -0.2) is 31.1 Å². The Bertz CT molecular complexity index is 248. The summed E-state index contributed by atoms with van der Waals surface area (Å²) in [7, 11) is 0. The van der Waals surface area contributed by atoms with E-state index in [1.165, 1.54) is 13.8 Å². The predicted molar refractivity (Wildman–Crippen MR) is 39.0 cm³/mol. The molecule has 0 aromatic heterocycles. The van der Waals surface area contributed by atoms with E-state index in [9.17, 15) is 9.59 Å². The van der Waals surface area contributed by atoms with E-state index in [0.29, 0.717) is 0 Å². The summed E-state index contributed by atoms with van der Waals surface area (Å²) in [5.41, 5.74) is 0. The fraction of sp³-hybridized carbons (Fsp3) is 0.667. The zero-order chi connectivity index (χ0) is 9.64. The molecule has 2 fully saturated rings. The molecule has 13 heavy (non-hydrogen) atoms. The number of rotatable bonds is 0. The smallest absolute Gasteiger partial charge is 0.606 e. The first kappa shape index (κ1) is 8.52. The van der Waals surface area contributed by atoms with Gasteiger partial charge in [-0.3, -0.25) is 9.59 Å². The van der Waals surface area contributed by atoms with E-state index in [-0.39, 0.29) is 0 Å². The van der Waals surface area contributed by atoms with E-state index in [4.69, 9.17) is 18.6 Å². The van der Waals surface area contributed by atoms with Crippen molar-refractivity contribution < 1.29 is 28.2 Å². The second kappa shape index (κ2) is 2.46. The summed E-state index contributed by atoms with van der Waals surface area (Å²) in [6.45, 7) is 0.401. The molecule has 0 N–H and O–H groups in total. The summed E-state index contributed by atoms with van der Waals surface area (Å²) < 4.78 is 19.4. The molecule has 0 bridgehead atoms. The van der Waals surface area contributed by atoms with Crippen LogP contribution in [0.5, 0.6) is 0 Å². The van der Waals surface area contributed by atoms with Crippen molar-refractivity contribution in [2.75, 3.05) is 0 Å². The molecule has 2 saturated heterocycles. The number of carbonyl (C=O) groups is 2. The average molecular weight is 187 g/mol. The van der Waals surface area contributed by atoms with Gasteiger partial charge in [-0.2, -0.15) is 0 Å². The van der Waals surface area contributed by atoms with Crippen LogP contribution in [0.2, 0.25) is 0 Å². The summed E-state index contributed by atoms with van der Waals surface area (Å²) in [4.78, 5) is 21.9. The van der Waals surface area contributed by atoms with E-state index in [1.54, 1.807) is 0 Å². The van der Waals surface area contributed by atoms with Gasteiger partial charge in [0, 0.05) is 0 Å². The molecule has 0 saturated carbocycles. The third kappa shape index (κ3) is 1.20. The Morgan fingerprint density at radius 2 is 1.38 bits per heavy atom. The highest BCUT2D eigenvalue weighted by Gasteiger charge is 2.54. The highest BCUT2D eigenvalue weighted by Crippen LogP contribution is 2.29. The molecule has 0 aromatic carbocycles. The lowest BCUT2D eigenvalue weighted by atomic mass is 10.1. The van der Waals surface area contributed by atoms with Gasteiger partial charge in [0.2, 0.25) is 0 Å². The Labute approximate surface area is 74.1 Å². The first-order chi connectivity index (χ1) is 6.02. The van der Waals surface area contributed by atoms with Gasteiger partial charge in [-0.1, -0.05) is 0 Å². The van der Waals surface area contributed by atoms with Crippen molar-refractivity contribution >= 4 is 18.9 Å². The first-order valence-corrected chi connectivity index (χ1v) is 3.96. The van der Waals surface area contributed by atoms with Crippen LogP contribution in [0.15, 0.2) is 0 Å². The molecule has 2 aliphatic heterocycles. The van der Waals surface area contributed by atoms with Gasteiger partial charge in [0.05, 0.1) is 0 Å². The van der Waals surface area contributed by atoms with Crippen LogP contribution < -0.4 is 0 Å². The van der Waals surface area contributed by atoms with E-state index in [2.05, 4.69) is 0 Å². The maximum Gasteiger partial charge on any atom is 0.657 e. The molecule has 0 aliphatic carbocycles. The minimum Gasteiger partial charge on any atom is -0.606 e. The molecular formula is C6H8BO6-. The average Bonchev–Trinajstić information content (AvgIpc) is 2.39. The Morgan fingerprint density at radius 3 is 1.62 bits per heavy atom. The van der Waals surface area contributed by atoms with E-state index >= 15 is 0 Å². The molecule has 7 heteroatoms. The summed E-state index contributed by atoms with van der Waals surface area (Å²) in [6, 6.07) is 0. The number of hydrogen-bond acceptors (Lipinski definition) is 6. The first-order valence-electron chi connectivity index (χ1n) is 3.96. The fourth-order valence-electron chi connectivity index (χ4n) is 1.25. The second-order valence-corrected chi connectivity index (χ2v) is 3.01. The molecule has 0 amide bonds. The zero-order valence-corrected chi connectivity index (χ0v) is 7.18. The predicted octanol–water partition coefficient (Wildman–Crippen LogP) is -0.654. The fourth-order valence-corrected chi connectivity index (χ4v) is 1.25. The van der Waals surface area contributed by atoms with Gasteiger partial charge >= 0.3 is 6.96 Å². The van der Waals surface area contributed by atoms with Gasteiger partial charge in [-0.25, -0.2) is 0 Å². The quantitative estimate of drug-likeness (QED) is 0.469. The molecule has 2 heterocycles. The second-order valence-electron chi connectivity index (χ2n) is 3.01. The van der Waals surface area contributed by atoms with E-state index < -0.39 is 31.1 Å². The molecule has 6 nitrogen and oxygen atoms in total. The molecule has 72 valence electrons. The van der Waals surface area contributed by atoms with Crippen LogP contribution in [0.1, 0.15) is 13.8 Å². The highest BCUT2D eigenvalue weighted by atomic mass is 16.9. The summed E-state index contributed by atoms with van der Waals surface area (Å²) in [5, 5.41) is 0. The van der Waals surface area contributed by atoms with Gasteiger partial charge in [-0.15, -0.1) is 0 Å². The minimum atomic E-state index is -2.60. The molecule has 2 rings (SSSR count). The molecule has 0 radical (unpaired) electrons. The Kier molecular flexibility index (Phi) is 1.61. The van der Waals surface area contributed by atoms with Crippen LogP contribution in [0.4, 0.5) is 0 Å². The van der Waals surface area contributed by atoms with Crippen LogP contribution in [0.3, 0.4) is 0 Å². The van der Waals surface area contributed by atoms with Gasteiger partial charge in [0.1, 0.15) is 12.2 Å². The SMILES string of the molecule is C[C@@H]1O[B-]2(OC1=O)OC(=O)[C@H](C)O2. The standard InChI is InChI=1S/C6H8BO6/c1-3-5(8)12-7(10-3)11-4(2)6(9)13-7/h3-4H,1-2H3/q-1/t3-,4-,7?/m0/s1. The van der Waals surface area contributed by atoms with Crippen LogP contribution >= 0.6 is 0 Å². The lowest BCUT2D eigenvalue weighted by Gasteiger charge is -2.25. The van der Waals surface area contributed by atoms with Gasteiger partial charge < -0.3 is 18.6 Å². The van der Waals surface area contributed by atoms with Crippen LogP contribution in [0, 0.1) is 0 Å². The Balaban J connectivity index is 2.17. The van der Waals surface area contributed by atoms with Crippen molar-refractivity contribution in [1.29, 1.82) is 0 Å². The third-order valence-corrected chi connectivity index (χ3v) is 1.93. The normalized spacial score (nSPS) is 36.5. The van der Waals surface area contributed by atoms with E-state index in [1.807, 2.05) is 0 Å². The molecule has 0 unspecified atom stereocenters. The van der Waals surface area contributed by atoms with Gasteiger partial charge in [0.15, 0.2) is 0 Å². The summed E-state index contributed by atoms with van der Waals surface area (Å²) in [5.74, 6) is -1.16. The Hall–Kier alpha value is -1.08. The van der Waals surface area contributed by atoms with Crippen molar-refractivity contribution in [3.63, 3.8) is 0 Å². The molecule has 2 atom stereocenters. The minimum absolute atomic E-state index is 0.582. The number of hydrogen-bond donors (Lipinski definition) is 0. The summed E-state index contributed by atoms with van der Waals surface area (Å²) >= 11 is 0. The molecule has 2 aliphatic rings. The van der Waals surface area contributed by atoms with E-state index in [0.717, 1.165) is 0 Å². The zero-order valence-electron chi connectivity index (χ0n) is 7.18. The monoisotopic (exact) mass is 187 g/mol. The molecular weight excluding hydrogens is 179 g/mol. The lowest BCUT2D eigenvalue weighted by Crippen LogP contribution is -2.40. The van der Waals surface area contributed by atoms with Crippen molar-refractivity contribution in [3.8, 4) is 0 Å². The molecule has 1 spiro atoms. The van der Waals surface area contributed by atoms with Gasteiger partial charge in [0.25, 0.3) is 11.9 Å².